The summed E-state index contributed by atoms with van der Waals surface area (Å²) in [5.41, 5.74) is 4.56. The fourth-order valence-corrected chi connectivity index (χ4v) is 4.62. The van der Waals surface area contributed by atoms with Gasteiger partial charge in [0.05, 0.1) is 12.0 Å². The molecule has 4 rings (SSSR count). The summed E-state index contributed by atoms with van der Waals surface area (Å²) in [5.74, 6) is -0.459. The molecule has 5 nitrogen and oxygen atoms in total. The van der Waals surface area contributed by atoms with Crippen LogP contribution < -0.4 is 5.43 Å². The van der Waals surface area contributed by atoms with Gasteiger partial charge in [0.2, 0.25) is 11.8 Å². The molecule has 25 heavy (non-hydrogen) atoms. The Bertz CT molecular complexity index is 762. The number of amides is 2. The van der Waals surface area contributed by atoms with Gasteiger partial charge in [0.15, 0.2) is 0 Å². The van der Waals surface area contributed by atoms with E-state index in [1.54, 1.807) is 11.3 Å². The van der Waals surface area contributed by atoms with Crippen molar-refractivity contribution in [2.45, 2.75) is 32.0 Å². The summed E-state index contributed by atoms with van der Waals surface area (Å²) in [7, 11) is 0. The van der Waals surface area contributed by atoms with Crippen molar-refractivity contribution in [1.82, 2.24) is 15.3 Å². The molecule has 2 amide bonds. The molecular weight excluding hydrogens is 334 g/mol. The van der Waals surface area contributed by atoms with E-state index in [4.69, 9.17) is 0 Å². The van der Waals surface area contributed by atoms with Gasteiger partial charge in [-0.3, -0.25) is 14.5 Å². The molecule has 0 radical (unpaired) electrons. The van der Waals surface area contributed by atoms with E-state index >= 15 is 0 Å². The van der Waals surface area contributed by atoms with Gasteiger partial charge < -0.3 is 0 Å². The van der Waals surface area contributed by atoms with Crippen LogP contribution in [0.4, 0.5) is 0 Å². The van der Waals surface area contributed by atoms with Crippen LogP contribution in [-0.2, 0) is 16.1 Å². The smallest absolute Gasteiger partial charge is 0.248 e. The summed E-state index contributed by atoms with van der Waals surface area (Å²) in [6.07, 6.45) is 0.784. The van der Waals surface area contributed by atoms with Crippen LogP contribution in [-0.4, -0.2) is 34.3 Å². The number of carbonyl (C=O) groups excluding carboxylic acids is 2. The third-order valence-corrected chi connectivity index (χ3v) is 5.86. The van der Waals surface area contributed by atoms with E-state index in [1.165, 1.54) is 4.90 Å². The Labute approximate surface area is 151 Å². The molecule has 0 bridgehead atoms. The summed E-state index contributed by atoms with van der Waals surface area (Å²) in [4.78, 5) is 28.4. The Hall–Kier alpha value is -2.02. The second-order valence-electron chi connectivity index (χ2n) is 6.53. The highest BCUT2D eigenvalue weighted by Gasteiger charge is 2.58. The normalized spacial score (nSPS) is 26.4. The minimum atomic E-state index is -0.425. The van der Waals surface area contributed by atoms with Gasteiger partial charge in [-0.25, -0.2) is 10.4 Å². The van der Waals surface area contributed by atoms with E-state index in [0.717, 1.165) is 16.9 Å². The van der Waals surface area contributed by atoms with Gasteiger partial charge in [-0.1, -0.05) is 43.3 Å². The maximum absolute atomic E-state index is 12.9. The van der Waals surface area contributed by atoms with Crippen molar-refractivity contribution >= 4 is 23.2 Å². The molecule has 0 spiro atoms. The number of imide groups is 1. The van der Waals surface area contributed by atoms with Crippen molar-refractivity contribution in [1.29, 1.82) is 0 Å². The minimum Gasteiger partial charge on any atom is -0.281 e. The SMILES string of the molecule is CCCN1C(=O)[C@@H]2[C@@H](c3cccs3)NN(Cc3ccccc3)[C@H]2C1=O. The lowest BCUT2D eigenvalue weighted by molar-refractivity contribution is -0.141. The zero-order valence-corrected chi connectivity index (χ0v) is 14.9. The summed E-state index contributed by atoms with van der Waals surface area (Å²) < 4.78 is 0. The van der Waals surface area contributed by atoms with Crippen molar-refractivity contribution < 1.29 is 9.59 Å². The molecule has 3 heterocycles. The first-order chi connectivity index (χ1) is 12.2. The molecule has 0 unspecified atom stereocenters. The van der Waals surface area contributed by atoms with Gasteiger partial charge in [-0.2, -0.15) is 0 Å². The molecule has 0 saturated carbocycles. The van der Waals surface area contributed by atoms with Crippen molar-refractivity contribution in [3.05, 3.63) is 58.3 Å². The highest BCUT2D eigenvalue weighted by molar-refractivity contribution is 7.10. The number of hydrazine groups is 1. The van der Waals surface area contributed by atoms with E-state index in [2.05, 4.69) is 5.43 Å². The van der Waals surface area contributed by atoms with Gasteiger partial charge >= 0.3 is 0 Å². The number of likely N-dealkylation sites (tertiary alicyclic amines) is 1. The molecule has 130 valence electrons. The largest absolute Gasteiger partial charge is 0.281 e. The van der Waals surface area contributed by atoms with Crippen LogP contribution in [0, 0.1) is 5.92 Å². The maximum atomic E-state index is 12.9. The Morgan fingerprint density at radius 3 is 2.56 bits per heavy atom. The third kappa shape index (κ3) is 2.80. The Morgan fingerprint density at radius 2 is 1.88 bits per heavy atom. The molecule has 2 fully saturated rings. The van der Waals surface area contributed by atoms with Crippen LogP contribution in [0.2, 0.25) is 0 Å². The van der Waals surface area contributed by atoms with Gasteiger partial charge in [0.25, 0.3) is 0 Å². The van der Waals surface area contributed by atoms with Crippen LogP contribution in [0.1, 0.15) is 29.8 Å². The summed E-state index contributed by atoms with van der Waals surface area (Å²) in [6.45, 7) is 3.09. The fraction of sp³-hybridized carbons (Fsp3) is 0.368. The number of hydrogen-bond acceptors (Lipinski definition) is 5. The molecule has 6 heteroatoms. The Morgan fingerprint density at radius 1 is 1.08 bits per heavy atom. The van der Waals surface area contributed by atoms with Crippen LogP contribution >= 0.6 is 11.3 Å². The highest BCUT2D eigenvalue weighted by Crippen LogP contribution is 2.41. The first-order valence-electron chi connectivity index (χ1n) is 8.66. The number of fused-ring (bicyclic) bond motifs is 1. The topological polar surface area (TPSA) is 52.7 Å². The molecule has 2 aliphatic rings. The number of thiophene rings is 1. The van der Waals surface area contributed by atoms with Gasteiger partial charge in [0, 0.05) is 18.0 Å². The first-order valence-corrected chi connectivity index (χ1v) is 9.54. The van der Waals surface area contributed by atoms with Crippen molar-refractivity contribution in [3.8, 4) is 0 Å². The Kier molecular flexibility index (Phi) is 4.41. The molecule has 2 saturated heterocycles. The van der Waals surface area contributed by atoms with E-state index in [9.17, 15) is 9.59 Å². The third-order valence-electron chi connectivity index (χ3n) is 4.90. The van der Waals surface area contributed by atoms with Gasteiger partial charge in [-0.15, -0.1) is 11.3 Å². The monoisotopic (exact) mass is 355 g/mol. The standard InChI is InChI=1S/C19H21N3O2S/c1-2-10-21-18(23)15-16(14-9-6-11-25-14)20-22(17(15)19(21)24)12-13-7-4-3-5-8-13/h3-9,11,15-17,20H,2,10,12H2,1H3/t15-,16-,17-/m1/s1. The average molecular weight is 355 g/mol. The summed E-state index contributed by atoms with van der Waals surface area (Å²) in [5, 5.41) is 3.97. The lowest BCUT2D eigenvalue weighted by Crippen LogP contribution is -2.45. The van der Waals surface area contributed by atoms with Crippen LogP contribution in [0.3, 0.4) is 0 Å². The number of carbonyl (C=O) groups is 2. The average Bonchev–Trinajstić information content (AvgIpc) is 3.31. The van der Waals surface area contributed by atoms with Crippen molar-refractivity contribution in [3.63, 3.8) is 0 Å². The molecule has 3 atom stereocenters. The minimum absolute atomic E-state index is 0.0432. The van der Waals surface area contributed by atoms with Gasteiger partial charge in [-0.05, 0) is 23.4 Å². The number of nitrogens with one attached hydrogen (secondary N) is 1. The quantitative estimate of drug-likeness (QED) is 0.838. The summed E-state index contributed by atoms with van der Waals surface area (Å²) >= 11 is 1.62. The second-order valence-corrected chi connectivity index (χ2v) is 7.51. The number of rotatable bonds is 5. The molecular formula is C19H21N3O2S. The van der Waals surface area contributed by atoms with Crippen LogP contribution in [0.25, 0.3) is 0 Å². The van der Waals surface area contributed by atoms with E-state index in [-0.39, 0.29) is 23.8 Å². The molecule has 2 aliphatic heterocycles. The zero-order chi connectivity index (χ0) is 17.4. The highest BCUT2D eigenvalue weighted by atomic mass is 32.1. The van der Waals surface area contributed by atoms with Gasteiger partial charge in [0.1, 0.15) is 6.04 Å². The van der Waals surface area contributed by atoms with E-state index < -0.39 is 6.04 Å². The zero-order valence-electron chi connectivity index (χ0n) is 14.1. The van der Waals surface area contributed by atoms with Crippen LogP contribution in [0.15, 0.2) is 47.8 Å². The van der Waals surface area contributed by atoms with E-state index in [0.29, 0.717) is 13.1 Å². The number of nitrogens with zero attached hydrogens (tertiary/aromatic N) is 2. The molecule has 1 N–H and O–H groups in total. The molecule has 1 aromatic carbocycles. The molecule has 2 aromatic rings. The lowest BCUT2D eigenvalue weighted by atomic mass is 9.95. The first kappa shape index (κ1) is 16.4. The number of hydrogen-bond donors (Lipinski definition) is 1. The van der Waals surface area contributed by atoms with E-state index in [1.807, 2.05) is 59.8 Å². The van der Waals surface area contributed by atoms with Crippen molar-refractivity contribution in [2.24, 2.45) is 5.92 Å². The molecule has 0 aliphatic carbocycles. The summed E-state index contributed by atoms with van der Waals surface area (Å²) in [6, 6.07) is 13.5. The van der Waals surface area contributed by atoms with Crippen molar-refractivity contribution in [2.75, 3.05) is 6.54 Å². The Balaban J connectivity index is 1.67. The predicted octanol–water partition coefficient (Wildman–Crippen LogP) is 2.57. The number of benzene rings is 1. The molecule has 1 aromatic heterocycles. The predicted molar refractivity (Wildman–Crippen MR) is 96.5 cm³/mol. The lowest BCUT2D eigenvalue weighted by Gasteiger charge is -2.24. The maximum Gasteiger partial charge on any atom is 0.248 e. The van der Waals surface area contributed by atoms with Crippen LogP contribution in [0.5, 0.6) is 0 Å². The second kappa shape index (κ2) is 6.71. The fourth-order valence-electron chi connectivity index (χ4n) is 3.81.